The molecule has 2 heterocycles. The lowest BCUT2D eigenvalue weighted by molar-refractivity contribution is -0.119. The van der Waals surface area contributed by atoms with Crippen LogP contribution in [-0.4, -0.2) is 47.7 Å². The van der Waals surface area contributed by atoms with Crippen molar-refractivity contribution in [2.45, 2.75) is 39.5 Å². The topological polar surface area (TPSA) is 46.5 Å². The summed E-state index contributed by atoms with van der Waals surface area (Å²) in [5.74, 6) is 0.0231. The fraction of sp³-hybridized carbons (Fsp3) is 0.526. The summed E-state index contributed by atoms with van der Waals surface area (Å²) in [5, 5.41) is 4.16. The normalized spacial score (nSPS) is 18.8. The van der Waals surface area contributed by atoms with Crippen LogP contribution in [0.2, 0.25) is 0 Å². The van der Waals surface area contributed by atoms with Gasteiger partial charge in [0.15, 0.2) is 0 Å². The third-order valence-electron chi connectivity index (χ3n) is 4.65. The van der Waals surface area contributed by atoms with Crippen molar-refractivity contribution in [3.8, 4) is 0 Å². The van der Waals surface area contributed by atoms with E-state index >= 15 is 0 Å². The van der Waals surface area contributed by atoms with Gasteiger partial charge in [0, 0.05) is 51.4 Å². The number of rotatable bonds is 6. The number of morpholine rings is 1. The molecule has 2 aromatic rings. The first-order chi connectivity index (χ1) is 11.7. The minimum atomic E-state index is 0.0231. The summed E-state index contributed by atoms with van der Waals surface area (Å²) in [5.41, 5.74) is 2.65. The molecule has 0 saturated carbocycles. The zero-order valence-corrected chi connectivity index (χ0v) is 14.6. The van der Waals surface area contributed by atoms with Gasteiger partial charge >= 0.3 is 0 Å². The standard InChI is InChI=1S/C19H27N3O2/c1-3-22-9-7-17-12-16(4-5-19(17)22)13-21-10-11-24-18(14-21)6-8-20-15(2)23/h4-5,7,9,12,18H,3,6,8,10-11,13-14H2,1-2H3,(H,20,23). The van der Waals surface area contributed by atoms with Gasteiger partial charge in [-0.1, -0.05) is 6.07 Å². The van der Waals surface area contributed by atoms with Gasteiger partial charge in [-0.3, -0.25) is 9.69 Å². The molecule has 0 bridgehead atoms. The number of nitrogens with one attached hydrogen (secondary N) is 1. The van der Waals surface area contributed by atoms with Gasteiger partial charge in [0.25, 0.3) is 0 Å². The lowest BCUT2D eigenvalue weighted by atomic mass is 10.1. The van der Waals surface area contributed by atoms with Gasteiger partial charge in [-0.15, -0.1) is 0 Å². The zero-order valence-electron chi connectivity index (χ0n) is 14.6. The summed E-state index contributed by atoms with van der Waals surface area (Å²) < 4.78 is 8.09. The maximum Gasteiger partial charge on any atom is 0.216 e. The van der Waals surface area contributed by atoms with Gasteiger partial charge in [-0.25, -0.2) is 0 Å². The van der Waals surface area contributed by atoms with Crippen LogP contribution in [0.15, 0.2) is 30.5 Å². The Morgan fingerprint density at radius 1 is 1.38 bits per heavy atom. The van der Waals surface area contributed by atoms with Crippen LogP contribution in [0.4, 0.5) is 0 Å². The van der Waals surface area contributed by atoms with E-state index in [2.05, 4.69) is 52.2 Å². The van der Waals surface area contributed by atoms with Crippen LogP contribution in [0.1, 0.15) is 25.8 Å². The number of aromatic nitrogens is 1. The van der Waals surface area contributed by atoms with Gasteiger partial charge in [0.2, 0.25) is 5.91 Å². The number of carbonyl (C=O) groups excluding carboxylic acids is 1. The second-order valence-electron chi connectivity index (χ2n) is 6.49. The van der Waals surface area contributed by atoms with Gasteiger partial charge in [-0.2, -0.15) is 0 Å². The summed E-state index contributed by atoms with van der Waals surface area (Å²) in [7, 11) is 0. The van der Waals surface area contributed by atoms with E-state index < -0.39 is 0 Å². The third-order valence-corrected chi connectivity index (χ3v) is 4.65. The van der Waals surface area contributed by atoms with E-state index in [0.29, 0.717) is 6.54 Å². The maximum atomic E-state index is 11.0. The Labute approximate surface area is 143 Å². The monoisotopic (exact) mass is 329 g/mol. The second-order valence-corrected chi connectivity index (χ2v) is 6.49. The van der Waals surface area contributed by atoms with Crippen LogP contribution >= 0.6 is 0 Å². The maximum absolute atomic E-state index is 11.0. The molecule has 1 amide bonds. The first-order valence-corrected chi connectivity index (χ1v) is 8.82. The first-order valence-electron chi connectivity index (χ1n) is 8.82. The van der Waals surface area contributed by atoms with Crippen LogP contribution < -0.4 is 5.32 Å². The average Bonchev–Trinajstić information content (AvgIpc) is 2.97. The highest BCUT2D eigenvalue weighted by Crippen LogP contribution is 2.20. The van der Waals surface area contributed by atoms with Crippen LogP contribution in [0, 0.1) is 0 Å². The summed E-state index contributed by atoms with van der Waals surface area (Å²) in [4.78, 5) is 13.4. The number of benzene rings is 1. The van der Waals surface area contributed by atoms with E-state index in [-0.39, 0.29) is 12.0 Å². The highest BCUT2D eigenvalue weighted by molar-refractivity contribution is 5.80. The molecule has 1 aliphatic rings. The van der Waals surface area contributed by atoms with Gasteiger partial charge in [0.05, 0.1) is 12.7 Å². The number of amides is 1. The van der Waals surface area contributed by atoms with Crippen molar-refractivity contribution >= 4 is 16.8 Å². The lowest BCUT2D eigenvalue weighted by Gasteiger charge is -2.33. The summed E-state index contributed by atoms with van der Waals surface area (Å²) in [6, 6.07) is 8.94. The van der Waals surface area contributed by atoms with Crippen molar-refractivity contribution in [3.63, 3.8) is 0 Å². The Morgan fingerprint density at radius 2 is 2.25 bits per heavy atom. The largest absolute Gasteiger partial charge is 0.375 e. The molecule has 1 aliphatic heterocycles. The lowest BCUT2D eigenvalue weighted by Crippen LogP contribution is -2.43. The van der Waals surface area contributed by atoms with Crippen molar-refractivity contribution in [2.24, 2.45) is 0 Å². The summed E-state index contributed by atoms with van der Waals surface area (Å²) >= 11 is 0. The van der Waals surface area contributed by atoms with Crippen molar-refractivity contribution in [2.75, 3.05) is 26.2 Å². The molecule has 0 spiro atoms. The fourth-order valence-corrected chi connectivity index (χ4v) is 3.39. The minimum absolute atomic E-state index is 0.0231. The van der Waals surface area contributed by atoms with Crippen LogP contribution in [0.5, 0.6) is 0 Å². The molecule has 1 aromatic heterocycles. The molecule has 3 rings (SSSR count). The number of hydrogen-bond donors (Lipinski definition) is 1. The predicted molar refractivity (Wildman–Crippen MR) is 95.9 cm³/mol. The Balaban J connectivity index is 1.57. The smallest absolute Gasteiger partial charge is 0.216 e. The van der Waals surface area contributed by atoms with E-state index in [1.165, 1.54) is 16.5 Å². The van der Waals surface area contributed by atoms with Gasteiger partial charge in [-0.05, 0) is 42.5 Å². The quantitative estimate of drug-likeness (QED) is 0.885. The molecular weight excluding hydrogens is 302 g/mol. The van der Waals surface area contributed by atoms with Crippen molar-refractivity contribution in [1.82, 2.24) is 14.8 Å². The van der Waals surface area contributed by atoms with Gasteiger partial charge < -0.3 is 14.6 Å². The number of aryl methyl sites for hydroxylation is 1. The fourth-order valence-electron chi connectivity index (χ4n) is 3.39. The Hall–Kier alpha value is -1.85. The van der Waals surface area contributed by atoms with Crippen LogP contribution in [0.25, 0.3) is 10.9 Å². The highest BCUT2D eigenvalue weighted by atomic mass is 16.5. The van der Waals surface area contributed by atoms with E-state index in [1.54, 1.807) is 6.92 Å². The number of ether oxygens (including phenoxy) is 1. The molecule has 5 nitrogen and oxygen atoms in total. The summed E-state index contributed by atoms with van der Waals surface area (Å²) in [6.07, 6.45) is 3.23. The van der Waals surface area contributed by atoms with E-state index in [9.17, 15) is 4.79 Å². The Kier molecular flexibility index (Phi) is 5.53. The molecule has 24 heavy (non-hydrogen) atoms. The molecule has 1 N–H and O–H groups in total. The average molecular weight is 329 g/mol. The van der Waals surface area contributed by atoms with Crippen molar-refractivity contribution in [1.29, 1.82) is 0 Å². The minimum Gasteiger partial charge on any atom is -0.375 e. The molecule has 1 fully saturated rings. The Bertz CT molecular complexity index is 695. The number of fused-ring (bicyclic) bond motifs is 1. The molecule has 0 radical (unpaired) electrons. The van der Waals surface area contributed by atoms with Crippen LogP contribution in [0.3, 0.4) is 0 Å². The number of carbonyl (C=O) groups is 1. The van der Waals surface area contributed by atoms with Crippen molar-refractivity contribution in [3.05, 3.63) is 36.0 Å². The Morgan fingerprint density at radius 3 is 3.04 bits per heavy atom. The highest BCUT2D eigenvalue weighted by Gasteiger charge is 2.20. The third kappa shape index (κ3) is 4.16. The zero-order chi connectivity index (χ0) is 16.9. The molecule has 130 valence electrons. The predicted octanol–water partition coefficient (Wildman–Crippen LogP) is 2.39. The molecule has 0 aliphatic carbocycles. The molecule has 5 heteroatoms. The molecule has 1 unspecified atom stereocenters. The SMILES string of the molecule is CCn1ccc2cc(CN3CCOC(CCNC(C)=O)C3)ccc21. The molecule has 1 saturated heterocycles. The first kappa shape index (κ1) is 17.0. The molecular formula is C19H27N3O2. The summed E-state index contributed by atoms with van der Waals surface area (Å²) in [6.45, 7) is 9.01. The number of hydrogen-bond acceptors (Lipinski definition) is 3. The van der Waals surface area contributed by atoms with Crippen LogP contribution in [-0.2, 0) is 22.6 Å². The molecule has 1 aromatic carbocycles. The van der Waals surface area contributed by atoms with Crippen molar-refractivity contribution < 1.29 is 9.53 Å². The van der Waals surface area contributed by atoms with E-state index in [4.69, 9.17) is 4.74 Å². The molecule has 1 atom stereocenters. The van der Waals surface area contributed by atoms with Gasteiger partial charge in [0.1, 0.15) is 0 Å². The van der Waals surface area contributed by atoms with E-state index in [1.807, 2.05) is 0 Å². The van der Waals surface area contributed by atoms with E-state index in [0.717, 1.165) is 39.2 Å². The number of nitrogens with zero attached hydrogens (tertiary/aromatic N) is 2. The second kappa shape index (κ2) is 7.81.